The summed E-state index contributed by atoms with van der Waals surface area (Å²) in [4.78, 5) is 13.2. The third-order valence-corrected chi connectivity index (χ3v) is 3.55. The Morgan fingerprint density at radius 3 is 2.65 bits per heavy atom. The van der Waals surface area contributed by atoms with Crippen LogP contribution in [0.1, 0.15) is 56.0 Å². The fourth-order valence-electron chi connectivity index (χ4n) is 2.14. The molecule has 4 nitrogen and oxygen atoms in total. The molecule has 0 saturated heterocycles. The lowest BCUT2D eigenvalue weighted by Crippen LogP contribution is -2.34. The zero-order valence-corrected chi connectivity index (χ0v) is 12.4. The minimum Gasteiger partial charge on any atom is -0.478 e. The molecule has 0 bridgehead atoms. The Hall–Kier alpha value is -2.02. The second-order valence-electron chi connectivity index (χ2n) is 4.95. The van der Waals surface area contributed by atoms with E-state index in [4.69, 9.17) is 5.11 Å². The lowest BCUT2D eigenvalue weighted by Gasteiger charge is -2.31. The Labute approximate surface area is 120 Å². The average molecular weight is 274 g/mol. The summed E-state index contributed by atoms with van der Waals surface area (Å²) in [7, 11) is 0. The Balaban J connectivity index is 3.18. The number of hydrogen-bond acceptors (Lipinski definition) is 3. The van der Waals surface area contributed by atoms with Crippen LogP contribution < -0.4 is 4.90 Å². The van der Waals surface area contributed by atoms with Crippen molar-refractivity contribution >= 4 is 11.7 Å². The molecule has 0 aromatic heterocycles. The molecule has 1 atom stereocenters. The zero-order valence-electron chi connectivity index (χ0n) is 12.4. The van der Waals surface area contributed by atoms with Crippen LogP contribution in [0.25, 0.3) is 0 Å². The molecule has 1 aromatic rings. The topological polar surface area (TPSA) is 64.3 Å². The summed E-state index contributed by atoms with van der Waals surface area (Å²) in [6.07, 6.45) is 3.12. The maximum atomic E-state index is 11.0. The standard InChI is InChI=1S/C16H22N2O2/c1-4-6-9-18(12(3)5-2)15-8-7-13(16(19)20)10-14(15)11-17/h7-8,10,12H,4-6,9H2,1-3H3,(H,19,20). The summed E-state index contributed by atoms with van der Waals surface area (Å²) in [6.45, 7) is 7.25. The Kier molecular flexibility index (Phi) is 6.05. The molecule has 0 radical (unpaired) electrons. The third kappa shape index (κ3) is 3.74. The van der Waals surface area contributed by atoms with Crippen LogP contribution in [-0.4, -0.2) is 23.7 Å². The lowest BCUT2D eigenvalue weighted by molar-refractivity contribution is 0.0697. The van der Waals surface area contributed by atoms with Crippen molar-refractivity contribution in [3.8, 4) is 6.07 Å². The molecule has 0 aliphatic rings. The first-order chi connectivity index (χ1) is 9.54. The molecule has 1 rings (SSSR count). The second kappa shape index (κ2) is 7.54. The van der Waals surface area contributed by atoms with Gasteiger partial charge in [-0.05, 0) is 38.0 Å². The molecule has 108 valence electrons. The number of carboxylic acid groups (broad SMARTS) is 1. The molecule has 0 aliphatic heterocycles. The van der Waals surface area contributed by atoms with Gasteiger partial charge < -0.3 is 10.0 Å². The summed E-state index contributed by atoms with van der Waals surface area (Å²) < 4.78 is 0. The van der Waals surface area contributed by atoms with Crippen LogP contribution in [0.15, 0.2) is 18.2 Å². The fourth-order valence-corrected chi connectivity index (χ4v) is 2.14. The number of anilines is 1. The van der Waals surface area contributed by atoms with Gasteiger partial charge in [-0.25, -0.2) is 4.79 Å². The van der Waals surface area contributed by atoms with Gasteiger partial charge in [-0.2, -0.15) is 5.26 Å². The van der Waals surface area contributed by atoms with Crippen molar-refractivity contribution in [1.29, 1.82) is 5.26 Å². The van der Waals surface area contributed by atoms with Crippen LogP contribution in [0.5, 0.6) is 0 Å². The molecule has 1 N–H and O–H groups in total. The van der Waals surface area contributed by atoms with Gasteiger partial charge in [0, 0.05) is 12.6 Å². The number of nitrogens with zero attached hydrogens (tertiary/aromatic N) is 2. The van der Waals surface area contributed by atoms with E-state index in [9.17, 15) is 10.1 Å². The van der Waals surface area contributed by atoms with E-state index in [2.05, 4.69) is 31.7 Å². The van der Waals surface area contributed by atoms with E-state index in [0.29, 0.717) is 11.6 Å². The predicted octanol–water partition coefficient (Wildman–Crippen LogP) is 3.66. The maximum Gasteiger partial charge on any atom is 0.335 e. The molecule has 4 heteroatoms. The molecule has 1 unspecified atom stereocenters. The Morgan fingerprint density at radius 1 is 1.45 bits per heavy atom. The van der Waals surface area contributed by atoms with Crippen molar-refractivity contribution in [2.45, 2.75) is 46.1 Å². The van der Waals surface area contributed by atoms with Gasteiger partial charge in [0.05, 0.1) is 16.8 Å². The lowest BCUT2D eigenvalue weighted by atomic mass is 10.1. The summed E-state index contributed by atoms with van der Waals surface area (Å²) in [5, 5.41) is 18.3. The minimum atomic E-state index is -1.00. The monoisotopic (exact) mass is 274 g/mol. The van der Waals surface area contributed by atoms with Crippen LogP contribution in [0.3, 0.4) is 0 Å². The highest BCUT2D eigenvalue weighted by Crippen LogP contribution is 2.25. The van der Waals surface area contributed by atoms with E-state index in [1.807, 2.05) is 0 Å². The van der Waals surface area contributed by atoms with E-state index in [1.54, 1.807) is 12.1 Å². The molecular weight excluding hydrogens is 252 g/mol. The largest absolute Gasteiger partial charge is 0.478 e. The molecule has 0 heterocycles. The molecule has 0 fully saturated rings. The molecule has 0 amide bonds. The minimum absolute atomic E-state index is 0.157. The Bertz CT molecular complexity index is 506. The molecule has 0 spiro atoms. The zero-order chi connectivity index (χ0) is 15.1. The van der Waals surface area contributed by atoms with Crippen LogP contribution in [-0.2, 0) is 0 Å². The van der Waals surface area contributed by atoms with E-state index in [1.165, 1.54) is 6.07 Å². The first-order valence-electron chi connectivity index (χ1n) is 7.09. The maximum absolute atomic E-state index is 11.0. The van der Waals surface area contributed by atoms with Gasteiger partial charge in [0.1, 0.15) is 6.07 Å². The number of benzene rings is 1. The highest BCUT2D eigenvalue weighted by molar-refractivity contribution is 5.89. The smallest absolute Gasteiger partial charge is 0.335 e. The van der Waals surface area contributed by atoms with Crippen LogP contribution in [0.4, 0.5) is 5.69 Å². The molecule has 20 heavy (non-hydrogen) atoms. The number of nitriles is 1. The van der Waals surface area contributed by atoms with Gasteiger partial charge in [0.2, 0.25) is 0 Å². The summed E-state index contributed by atoms with van der Waals surface area (Å²) in [6, 6.07) is 7.23. The van der Waals surface area contributed by atoms with Gasteiger partial charge >= 0.3 is 5.97 Å². The average Bonchev–Trinajstić information content (AvgIpc) is 2.47. The van der Waals surface area contributed by atoms with E-state index >= 15 is 0 Å². The van der Waals surface area contributed by atoms with Crippen molar-refractivity contribution in [1.82, 2.24) is 0 Å². The molecule has 1 aromatic carbocycles. The molecular formula is C16H22N2O2. The van der Waals surface area contributed by atoms with Gasteiger partial charge in [-0.15, -0.1) is 0 Å². The van der Waals surface area contributed by atoms with Crippen molar-refractivity contribution in [3.05, 3.63) is 29.3 Å². The summed E-state index contributed by atoms with van der Waals surface area (Å²) >= 11 is 0. The predicted molar refractivity (Wildman–Crippen MR) is 80.1 cm³/mol. The van der Waals surface area contributed by atoms with Gasteiger partial charge in [-0.1, -0.05) is 20.3 Å². The molecule has 0 aliphatic carbocycles. The molecule has 0 saturated carbocycles. The van der Waals surface area contributed by atoms with Crippen molar-refractivity contribution in [2.75, 3.05) is 11.4 Å². The quantitative estimate of drug-likeness (QED) is 0.824. The first-order valence-corrected chi connectivity index (χ1v) is 7.09. The number of aromatic carboxylic acids is 1. The van der Waals surface area contributed by atoms with E-state index in [0.717, 1.165) is 31.5 Å². The van der Waals surface area contributed by atoms with Crippen LogP contribution >= 0.6 is 0 Å². The first kappa shape index (κ1) is 16.0. The SMILES string of the molecule is CCCCN(c1ccc(C(=O)O)cc1C#N)C(C)CC. The van der Waals surface area contributed by atoms with Gasteiger partial charge in [-0.3, -0.25) is 0 Å². The summed E-state index contributed by atoms with van der Waals surface area (Å²) in [5.41, 5.74) is 1.42. The van der Waals surface area contributed by atoms with Crippen molar-refractivity contribution in [3.63, 3.8) is 0 Å². The van der Waals surface area contributed by atoms with Crippen LogP contribution in [0.2, 0.25) is 0 Å². The van der Waals surface area contributed by atoms with Gasteiger partial charge in [0.25, 0.3) is 0 Å². The van der Waals surface area contributed by atoms with Crippen molar-refractivity contribution < 1.29 is 9.90 Å². The number of carboxylic acids is 1. The highest BCUT2D eigenvalue weighted by atomic mass is 16.4. The fraction of sp³-hybridized carbons (Fsp3) is 0.500. The third-order valence-electron chi connectivity index (χ3n) is 3.55. The van der Waals surface area contributed by atoms with Crippen molar-refractivity contribution in [2.24, 2.45) is 0 Å². The normalized spacial score (nSPS) is 11.7. The summed E-state index contributed by atoms with van der Waals surface area (Å²) in [5.74, 6) is -1.00. The number of hydrogen-bond donors (Lipinski definition) is 1. The number of unbranched alkanes of at least 4 members (excludes halogenated alkanes) is 1. The number of carbonyl (C=O) groups is 1. The second-order valence-corrected chi connectivity index (χ2v) is 4.95. The van der Waals surface area contributed by atoms with E-state index < -0.39 is 5.97 Å². The van der Waals surface area contributed by atoms with Crippen LogP contribution in [0, 0.1) is 11.3 Å². The number of rotatable bonds is 7. The highest BCUT2D eigenvalue weighted by Gasteiger charge is 2.17. The van der Waals surface area contributed by atoms with Gasteiger partial charge in [0.15, 0.2) is 0 Å². The van der Waals surface area contributed by atoms with E-state index in [-0.39, 0.29) is 5.56 Å². The Morgan fingerprint density at radius 2 is 2.15 bits per heavy atom.